The Hall–Kier alpha value is -1.35. The molecule has 3 N–H and O–H groups in total. The van der Waals surface area contributed by atoms with Crippen LogP contribution in [0.25, 0.3) is 0 Å². The van der Waals surface area contributed by atoms with E-state index in [1.807, 2.05) is 18.2 Å². The van der Waals surface area contributed by atoms with E-state index in [2.05, 4.69) is 24.8 Å². The molecule has 1 aromatic rings. The van der Waals surface area contributed by atoms with Crippen LogP contribution in [-0.4, -0.2) is 23.3 Å². The molecule has 3 heteroatoms. The van der Waals surface area contributed by atoms with Gasteiger partial charge in [0.1, 0.15) is 5.84 Å². The van der Waals surface area contributed by atoms with Crippen molar-refractivity contribution in [3.05, 3.63) is 35.4 Å². The van der Waals surface area contributed by atoms with Gasteiger partial charge in [0.25, 0.3) is 0 Å². The van der Waals surface area contributed by atoms with Gasteiger partial charge in [-0.05, 0) is 37.8 Å². The second kappa shape index (κ2) is 5.53. The van der Waals surface area contributed by atoms with E-state index < -0.39 is 0 Å². The molecule has 1 saturated heterocycles. The molecular weight excluding hydrogens is 222 g/mol. The van der Waals surface area contributed by atoms with Crippen molar-refractivity contribution in [3.8, 4) is 0 Å². The summed E-state index contributed by atoms with van der Waals surface area (Å²) in [6.45, 7) is 6.68. The lowest BCUT2D eigenvalue weighted by molar-refractivity contribution is 0.122. The predicted octanol–water partition coefficient (Wildman–Crippen LogP) is 2.59. The average Bonchev–Trinajstić information content (AvgIpc) is 2.33. The van der Waals surface area contributed by atoms with E-state index >= 15 is 0 Å². The molecule has 0 spiro atoms. The summed E-state index contributed by atoms with van der Waals surface area (Å²) in [7, 11) is 0. The summed E-state index contributed by atoms with van der Waals surface area (Å²) >= 11 is 0. The molecular formula is C15H23N3. The van der Waals surface area contributed by atoms with Gasteiger partial charge in [0, 0.05) is 18.2 Å². The topological polar surface area (TPSA) is 53.1 Å². The van der Waals surface area contributed by atoms with Crippen LogP contribution in [0.15, 0.2) is 24.3 Å². The minimum absolute atomic E-state index is 0.170. The Morgan fingerprint density at radius 1 is 1.39 bits per heavy atom. The first-order valence-corrected chi connectivity index (χ1v) is 6.74. The second-order valence-corrected chi connectivity index (χ2v) is 5.52. The average molecular weight is 245 g/mol. The number of nitrogen functional groups attached to an aromatic ring is 1. The first-order valence-electron chi connectivity index (χ1n) is 6.74. The van der Waals surface area contributed by atoms with E-state index in [4.69, 9.17) is 11.1 Å². The van der Waals surface area contributed by atoms with Crippen molar-refractivity contribution in [3.63, 3.8) is 0 Å². The van der Waals surface area contributed by atoms with Crippen molar-refractivity contribution in [2.75, 3.05) is 6.54 Å². The molecule has 1 fully saturated rings. The first kappa shape index (κ1) is 13.1. The van der Waals surface area contributed by atoms with Crippen molar-refractivity contribution in [1.82, 2.24) is 4.90 Å². The second-order valence-electron chi connectivity index (χ2n) is 5.52. The number of hydrogen-bond donors (Lipinski definition) is 2. The minimum Gasteiger partial charge on any atom is -0.384 e. The van der Waals surface area contributed by atoms with Crippen LogP contribution in [-0.2, 0) is 6.54 Å². The van der Waals surface area contributed by atoms with E-state index in [9.17, 15) is 0 Å². The lowest BCUT2D eigenvalue weighted by Gasteiger charge is -2.36. The lowest BCUT2D eigenvalue weighted by Crippen LogP contribution is -2.39. The fraction of sp³-hybridized carbons (Fsp3) is 0.533. The molecule has 1 aromatic carbocycles. The summed E-state index contributed by atoms with van der Waals surface area (Å²) in [4.78, 5) is 2.50. The van der Waals surface area contributed by atoms with Gasteiger partial charge in [0.05, 0.1) is 0 Å². The third-order valence-electron chi connectivity index (χ3n) is 3.96. The summed E-state index contributed by atoms with van der Waals surface area (Å²) in [5.74, 6) is 1.00. The molecule has 98 valence electrons. The number of likely N-dealkylation sites (tertiary alicyclic amines) is 1. The largest absolute Gasteiger partial charge is 0.384 e. The molecule has 0 saturated carbocycles. The van der Waals surface area contributed by atoms with Crippen LogP contribution in [0.3, 0.4) is 0 Å². The lowest BCUT2D eigenvalue weighted by atomic mass is 9.92. The Morgan fingerprint density at radius 2 is 2.11 bits per heavy atom. The fourth-order valence-corrected chi connectivity index (χ4v) is 2.83. The Balaban J connectivity index is 2.12. The molecule has 18 heavy (non-hydrogen) atoms. The number of amidine groups is 1. The molecule has 2 unspecified atom stereocenters. The summed E-state index contributed by atoms with van der Waals surface area (Å²) in [5.41, 5.74) is 7.69. The molecule has 1 aliphatic heterocycles. The van der Waals surface area contributed by atoms with Crippen LogP contribution in [0, 0.1) is 11.3 Å². The highest BCUT2D eigenvalue weighted by Gasteiger charge is 2.23. The van der Waals surface area contributed by atoms with Crippen molar-refractivity contribution < 1.29 is 0 Å². The molecule has 1 heterocycles. The molecule has 0 aromatic heterocycles. The van der Waals surface area contributed by atoms with E-state index in [0.717, 1.165) is 24.6 Å². The van der Waals surface area contributed by atoms with Crippen LogP contribution < -0.4 is 5.73 Å². The van der Waals surface area contributed by atoms with Gasteiger partial charge in [-0.3, -0.25) is 10.3 Å². The monoisotopic (exact) mass is 245 g/mol. The molecule has 2 atom stereocenters. The van der Waals surface area contributed by atoms with Gasteiger partial charge >= 0.3 is 0 Å². The summed E-state index contributed by atoms with van der Waals surface area (Å²) < 4.78 is 0. The number of piperidine rings is 1. The van der Waals surface area contributed by atoms with Crippen molar-refractivity contribution in [2.45, 2.75) is 39.3 Å². The van der Waals surface area contributed by atoms with E-state index in [-0.39, 0.29) is 5.84 Å². The predicted molar refractivity (Wildman–Crippen MR) is 75.7 cm³/mol. The minimum atomic E-state index is 0.170. The summed E-state index contributed by atoms with van der Waals surface area (Å²) in [6.07, 6.45) is 2.54. The zero-order valence-corrected chi connectivity index (χ0v) is 11.3. The quantitative estimate of drug-likeness (QED) is 0.635. The number of nitrogens with two attached hydrogens (primary N) is 1. The van der Waals surface area contributed by atoms with Crippen molar-refractivity contribution in [2.24, 2.45) is 11.7 Å². The van der Waals surface area contributed by atoms with E-state index in [1.165, 1.54) is 18.4 Å². The maximum atomic E-state index is 7.64. The molecule has 0 aliphatic carbocycles. The van der Waals surface area contributed by atoms with Crippen LogP contribution in [0.5, 0.6) is 0 Å². The Labute approximate surface area is 109 Å². The molecule has 0 radical (unpaired) electrons. The van der Waals surface area contributed by atoms with Gasteiger partial charge in [-0.15, -0.1) is 0 Å². The summed E-state index contributed by atoms with van der Waals surface area (Å²) in [6, 6.07) is 8.62. The highest BCUT2D eigenvalue weighted by molar-refractivity contribution is 5.96. The van der Waals surface area contributed by atoms with Crippen LogP contribution >= 0.6 is 0 Å². The van der Waals surface area contributed by atoms with Crippen molar-refractivity contribution in [1.29, 1.82) is 5.41 Å². The van der Waals surface area contributed by atoms with Gasteiger partial charge in [-0.1, -0.05) is 31.2 Å². The number of benzene rings is 1. The molecule has 2 rings (SSSR count). The zero-order valence-electron chi connectivity index (χ0n) is 11.3. The van der Waals surface area contributed by atoms with E-state index in [1.54, 1.807) is 0 Å². The van der Waals surface area contributed by atoms with Gasteiger partial charge in [0.2, 0.25) is 0 Å². The molecule has 1 aliphatic rings. The van der Waals surface area contributed by atoms with Crippen LogP contribution in [0.2, 0.25) is 0 Å². The van der Waals surface area contributed by atoms with Crippen LogP contribution in [0.1, 0.15) is 37.8 Å². The van der Waals surface area contributed by atoms with Gasteiger partial charge in [0.15, 0.2) is 0 Å². The van der Waals surface area contributed by atoms with Gasteiger partial charge < -0.3 is 5.73 Å². The maximum Gasteiger partial charge on any atom is 0.123 e. The SMILES string of the molecule is CC1CCN(Cc2ccccc2C(=N)N)C(C)C1. The third kappa shape index (κ3) is 2.91. The van der Waals surface area contributed by atoms with Gasteiger partial charge in [-0.2, -0.15) is 0 Å². The Morgan fingerprint density at radius 3 is 2.78 bits per heavy atom. The molecule has 0 bridgehead atoms. The number of nitrogens with one attached hydrogen (secondary N) is 1. The Bertz CT molecular complexity index is 428. The first-order chi connectivity index (χ1) is 8.58. The smallest absolute Gasteiger partial charge is 0.123 e. The Kier molecular flexibility index (Phi) is 4.02. The van der Waals surface area contributed by atoms with Crippen molar-refractivity contribution >= 4 is 5.84 Å². The normalized spacial score (nSPS) is 25.0. The maximum absolute atomic E-state index is 7.64. The third-order valence-corrected chi connectivity index (χ3v) is 3.96. The van der Waals surface area contributed by atoms with E-state index in [0.29, 0.717) is 6.04 Å². The fourth-order valence-electron chi connectivity index (χ4n) is 2.83. The van der Waals surface area contributed by atoms with Gasteiger partial charge in [-0.25, -0.2) is 0 Å². The standard InChI is InChI=1S/C15H23N3/c1-11-7-8-18(12(2)9-11)10-13-5-3-4-6-14(13)15(16)17/h3-6,11-12H,7-10H2,1-2H3,(H3,16,17). The zero-order chi connectivity index (χ0) is 13.1. The number of hydrogen-bond acceptors (Lipinski definition) is 2. The molecule has 0 amide bonds. The van der Waals surface area contributed by atoms with Crippen LogP contribution in [0.4, 0.5) is 0 Å². The highest BCUT2D eigenvalue weighted by atomic mass is 15.2. The number of rotatable bonds is 3. The summed E-state index contributed by atoms with van der Waals surface area (Å²) in [5, 5.41) is 7.64. The number of nitrogens with zero attached hydrogens (tertiary/aromatic N) is 1. The molecule has 3 nitrogen and oxygen atoms in total. The highest BCUT2D eigenvalue weighted by Crippen LogP contribution is 2.24.